The van der Waals surface area contributed by atoms with Crippen LogP contribution in [0.3, 0.4) is 0 Å². The molecular formula is C35H46N3O6P. The van der Waals surface area contributed by atoms with Crippen LogP contribution in [0.25, 0.3) is 0 Å². The molecule has 3 amide bonds. The molecule has 10 heteroatoms. The highest BCUT2D eigenvalue weighted by Gasteiger charge is 2.31. The van der Waals surface area contributed by atoms with Gasteiger partial charge in [-0.2, -0.15) is 0 Å². The number of hydrogen-bond acceptors (Lipinski definition) is 5. The molecular weight excluding hydrogens is 589 g/mol. The Kier molecular flexibility index (Phi) is 14.8. The Hall–Kier alpha value is -3.94. The van der Waals surface area contributed by atoms with Gasteiger partial charge in [0, 0.05) is 30.5 Å². The van der Waals surface area contributed by atoms with E-state index < -0.39 is 31.3 Å². The molecule has 242 valence electrons. The maximum atomic E-state index is 13.6. The number of rotatable bonds is 18. The normalized spacial score (nSPS) is 13.7. The van der Waals surface area contributed by atoms with E-state index in [2.05, 4.69) is 16.0 Å². The van der Waals surface area contributed by atoms with Gasteiger partial charge in [0.15, 0.2) is 0 Å². The Morgan fingerprint density at radius 2 is 1.42 bits per heavy atom. The Morgan fingerprint density at radius 3 is 2.04 bits per heavy atom. The summed E-state index contributed by atoms with van der Waals surface area (Å²) in [7, 11) is -3.70. The number of anilines is 1. The lowest BCUT2D eigenvalue weighted by molar-refractivity contribution is -0.129. The molecule has 3 aromatic rings. The molecule has 0 radical (unpaired) electrons. The van der Waals surface area contributed by atoms with Crippen molar-refractivity contribution in [3.05, 3.63) is 102 Å². The first-order chi connectivity index (χ1) is 21.6. The largest absolute Gasteiger partial charge is 0.445 e. The molecule has 0 aliphatic rings. The highest BCUT2D eigenvalue weighted by atomic mass is 31.2. The zero-order valence-corrected chi connectivity index (χ0v) is 27.1. The fraction of sp³-hybridized carbons (Fsp3) is 0.400. The van der Waals surface area contributed by atoms with E-state index >= 15 is 0 Å². The number of nitrogens with one attached hydrogen (secondary N) is 3. The minimum atomic E-state index is -3.70. The average Bonchev–Trinajstić information content (AvgIpc) is 3.02. The second-order valence-electron chi connectivity index (χ2n) is 11.7. The third-order valence-electron chi connectivity index (χ3n) is 7.30. The Labute approximate surface area is 266 Å². The summed E-state index contributed by atoms with van der Waals surface area (Å²) >= 11 is 0. The van der Waals surface area contributed by atoms with Crippen molar-refractivity contribution in [2.24, 2.45) is 11.8 Å². The number of unbranched alkanes of at least 4 members (excludes halogenated alkanes) is 1. The van der Waals surface area contributed by atoms with Gasteiger partial charge in [-0.25, -0.2) is 4.79 Å². The summed E-state index contributed by atoms with van der Waals surface area (Å²) in [5.74, 6) is -1.36. The van der Waals surface area contributed by atoms with Crippen molar-refractivity contribution in [2.75, 3.05) is 24.2 Å². The summed E-state index contributed by atoms with van der Waals surface area (Å²) in [5.41, 5.74) is 2.53. The fourth-order valence-electron chi connectivity index (χ4n) is 4.92. The van der Waals surface area contributed by atoms with E-state index in [1.807, 2.05) is 92.7 Å². The van der Waals surface area contributed by atoms with Crippen LogP contribution in [-0.4, -0.2) is 47.7 Å². The smallest absolute Gasteiger partial charge is 0.407 e. The van der Waals surface area contributed by atoms with E-state index in [1.165, 1.54) is 0 Å². The quantitative estimate of drug-likeness (QED) is 0.0947. The monoisotopic (exact) mass is 635 g/mol. The molecule has 0 aliphatic carbocycles. The van der Waals surface area contributed by atoms with Crippen molar-refractivity contribution in [3.63, 3.8) is 0 Å². The highest BCUT2D eigenvalue weighted by Crippen LogP contribution is 2.44. The van der Waals surface area contributed by atoms with Crippen LogP contribution in [0.5, 0.6) is 0 Å². The standard InChI is InChI=1S/C35H46N3O6P/c1-27(2)24-32(34(40)37-31-18-10-5-11-19-31)38-33(39)30(21-20-28-14-6-3-7-15-28)26-45(42,43)23-13-12-22-36-35(41)44-25-29-16-8-4-9-17-29/h3-11,14-19,27,30,32H,12-13,20-26H2,1-2H3,(H,36,41)(H,37,40)(H,38,39)(H,42,43)/t30-,32+/m1/s1. The molecule has 0 bridgehead atoms. The molecule has 3 atom stereocenters. The first-order valence-electron chi connectivity index (χ1n) is 15.6. The zero-order chi connectivity index (χ0) is 32.5. The van der Waals surface area contributed by atoms with E-state index in [0.717, 1.165) is 11.1 Å². The summed E-state index contributed by atoms with van der Waals surface area (Å²) in [6, 6.07) is 27.3. The van der Waals surface area contributed by atoms with Crippen molar-refractivity contribution >= 4 is 31.0 Å². The van der Waals surface area contributed by atoms with Gasteiger partial charge in [-0.15, -0.1) is 0 Å². The molecule has 4 N–H and O–H groups in total. The fourth-order valence-corrected chi connectivity index (χ4v) is 6.86. The molecule has 0 fully saturated rings. The lowest BCUT2D eigenvalue weighted by atomic mass is 9.98. The summed E-state index contributed by atoms with van der Waals surface area (Å²) in [5, 5.41) is 8.43. The second kappa shape index (κ2) is 18.8. The number of ether oxygens (including phenoxy) is 1. The summed E-state index contributed by atoms with van der Waals surface area (Å²) < 4.78 is 18.5. The number of carbonyl (C=O) groups is 3. The molecule has 0 aliphatic heterocycles. The van der Waals surface area contributed by atoms with Gasteiger partial charge in [-0.05, 0) is 61.3 Å². The van der Waals surface area contributed by atoms with Crippen LogP contribution in [0, 0.1) is 11.8 Å². The molecule has 3 rings (SSSR count). The van der Waals surface area contributed by atoms with E-state index in [-0.39, 0.29) is 30.8 Å². The lowest BCUT2D eigenvalue weighted by Gasteiger charge is -2.25. The van der Waals surface area contributed by atoms with Gasteiger partial charge in [0.1, 0.15) is 12.6 Å². The van der Waals surface area contributed by atoms with Crippen molar-refractivity contribution in [2.45, 2.75) is 58.6 Å². The zero-order valence-electron chi connectivity index (χ0n) is 26.2. The Morgan fingerprint density at radius 1 is 0.822 bits per heavy atom. The molecule has 1 unspecified atom stereocenters. The van der Waals surface area contributed by atoms with Gasteiger partial charge < -0.3 is 25.6 Å². The van der Waals surface area contributed by atoms with Crippen LogP contribution in [0.4, 0.5) is 10.5 Å². The predicted molar refractivity (Wildman–Crippen MR) is 178 cm³/mol. The van der Waals surface area contributed by atoms with Crippen molar-refractivity contribution in [1.29, 1.82) is 0 Å². The minimum absolute atomic E-state index is 0.0206. The van der Waals surface area contributed by atoms with Crippen LogP contribution in [-0.2, 0) is 31.9 Å². The van der Waals surface area contributed by atoms with Crippen LogP contribution >= 0.6 is 7.37 Å². The number of carbonyl (C=O) groups excluding carboxylic acids is 3. The van der Waals surface area contributed by atoms with Gasteiger partial charge in [-0.1, -0.05) is 92.7 Å². The third kappa shape index (κ3) is 14.1. The maximum Gasteiger partial charge on any atom is 0.407 e. The maximum absolute atomic E-state index is 13.6. The average molecular weight is 636 g/mol. The first kappa shape index (κ1) is 35.5. The van der Waals surface area contributed by atoms with E-state index in [0.29, 0.717) is 44.3 Å². The molecule has 9 nitrogen and oxygen atoms in total. The van der Waals surface area contributed by atoms with Gasteiger partial charge >= 0.3 is 6.09 Å². The van der Waals surface area contributed by atoms with Crippen LogP contribution in [0.15, 0.2) is 91.0 Å². The Bertz CT molecular complexity index is 1370. The molecule has 0 saturated heterocycles. The number of para-hydroxylation sites is 1. The van der Waals surface area contributed by atoms with Gasteiger partial charge in [0.25, 0.3) is 0 Å². The van der Waals surface area contributed by atoms with Crippen molar-refractivity contribution < 1.29 is 28.6 Å². The second-order valence-corrected chi connectivity index (χ2v) is 14.2. The molecule has 3 aromatic carbocycles. The number of hydrogen-bond donors (Lipinski definition) is 4. The summed E-state index contributed by atoms with van der Waals surface area (Å²) in [6.07, 6.45) is 1.52. The molecule has 0 spiro atoms. The van der Waals surface area contributed by atoms with Gasteiger partial charge in [-0.3, -0.25) is 14.2 Å². The summed E-state index contributed by atoms with van der Waals surface area (Å²) in [4.78, 5) is 49.7. The molecule has 45 heavy (non-hydrogen) atoms. The van der Waals surface area contributed by atoms with E-state index in [4.69, 9.17) is 4.74 Å². The lowest BCUT2D eigenvalue weighted by Crippen LogP contribution is -2.47. The molecule has 0 heterocycles. The summed E-state index contributed by atoms with van der Waals surface area (Å²) in [6.45, 7) is 4.42. The van der Waals surface area contributed by atoms with Gasteiger partial charge in [0.05, 0.1) is 0 Å². The van der Waals surface area contributed by atoms with Crippen LogP contribution < -0.4 is 16.0 Å². The highest BCUT2D eigenvalue weighted by molar-refractivity contribution is 7.58. The number of benzene rings is 3. The minimum Gasteiger partial charge on any atom is -0.445 e. The SMILES string of the molecule is CC(C)C[C@H](NC(=O)[C@H](CCc1ccccc1)CP(=O)(O)CCCCNC(=O)OCc1ccccc1)C(=O)Nc1ccccc1. The van der Waals surface area contributed by atoms with E-state index in [1.54, 1.807) is 12.1 Å². The third-order valence-corrected chi connectivity index (χ3v) is 9.32. The van der Waals surface area contributed by atoms with E-state index in [9.17, 15) is 23.8 Å². The number of aryl methyl sites for hydroxylation is 1. The first-order valence-corrected chi connectivity index (χ1v) is 17.6. The van der Waals surface area contributed by atoms with Crippen molar-refractivity contribution in [3.8, 4) is 0 Å². The molecule has 0 aromatic heterocycles. The predicted octanol–water partition coefficient (Wildman–Crippen LogP) is 6.38. The van der Waals surface area contributed by atoms with Crippen molar-refractivity contribution in [1.82, 2.24) is 10.6 Å². The molecule has 0 saturated carbocycles. The van der Waals surface area contributed by atoms with Gasteiger partial charge in [0.2, 0.25) is 19.2 Å². The van der Waals surface area contributed by atoms with Crippen LogP contribution in [0.1, 0.15) is 50.7 Å². The Balaban J connectivity index is 1.56. The topological polar surface area (TPSA) is 134 Å². The number of amides is 3. The number of alkyl carbamates (subject to hydrolysis) is 1. The van der Waals surface area contributed by atoms with Crippen LogP contribution in [0.2, 0.25) is 0 Å².